The monoisotopic (exact) mass is 190 g/mol. The van der Waals surface area contributed by atoms with Crippen LogP contribution in [0.4, 0.5) is 4.79 Å². The molecule has 3 N–H and O–H groups in total. The summed E-state index contributed by atoms with van der Waals surface area (Å²) in [5.74, 6) is -0.236. The second-order valence-corrected chi connectivity index (χ2v) is 2.83. The lowest BCUT2D eigenvalue weighted by Gasteiger charge is -2.13. The van der Waals surface area contributed by atoms with E-state index in [1.54, 1.807) is 14.1 Å². The second kappa shape index (κ2) is 5.36. The van der Waals surface area contributed by atoms with Crippen molar-refractivity contribution in [3.63, 3.8) is 0 Å². The summed E-state index contributed by atoms with van der Waals surface area (Å²) in [6.45, 7) is -0.130. The van der Waals surface area contributed by atoms with E-state index >= 15 is 0 Å². The van der Waals surface area contributed by atoms with Crippen molar-refractivity contribution in [2.45, 2.75) is 12.5 Å². The van der Waals surface area contributed by atoms with Crippen molar-refractivity contribution in [2.24, 2.45) is 0 Å². The highest BCUT2D eigenvalue weighted by atomic mass is 16.4. The van der Waals surface area contributed by atoms with Crippen molar-refractivity contribution < 1.29 is 19.8 Å². The molecule has 0 fully saturated rings. The van der Waals surface area contributed by atoms with Gasteiger partial charge in [-0.15, -0.1) is 0 Å². The number of nitrogens with zero attached hydrogens (tertiary/aromatic N) is 1. The van der Waals surface area contributed by atoms with Crippen molar-refractivity contribution in [2.75, 3.05) is 20.6 Å². The molecule has 0 heterocycles. The first-order valence-corrected chi connectivity index (χ1v) is 3.78. The summed E-state index contributed by atoms with van der Waals surface area (Å²) in [5.41, 5.74) is 0. The number of carbonyl (C=O) groups excluding carboxylic acids is 1. The highest BCUT2D eigenvalue weighted by molar-refractivity contribution is 5.76. The van der Waals surface area contributed by atoms with Crippen molar-refractivity contribution in [3.05, 3.63) is 0 Å². The Kier molecular flexibility index (Phi) is 4.83. The van der Waals surface area contributed by atoms with Crippen molar-refractivity contribution in [1.29, 1.82) is 0 Å². The van der Waals surface area contributed by atoms with Gasteiger partial charge in [0.25, 0.3) is 0 Å². The SMILES string of the molecule is CN(C)C(=O)CC(O)CNC(=O)O. The van der Waals surface area contributed by atoms with E-state index in [1.165, 1.54) is 4.90 Å². The van der Waals surface area contributed by atoms with Gasteiger partial charge in [-0.1, -0.05) is 0 Å². The van der Waals surface area contributed by atoms with Gasteiger partial charge in [0.2, 0.25) is 5.91 Å². The summed E-state index contributed by atoms with van der Waals surface area (Å²) in [4.78, 5) is 22.3. The van der Waals surface area contributed by atoms with Crippen LogP contribution in [0.5, 0.6) is 0 Å². The van der Waals surface area contributed by atoms with Crippen LogP contribution in [0.3, 0.4) is 0 Å². The Morgan fingerprint density at radius 1 is 1.46 bits per heavy atom. The molecule has 76 valence electrons. The molecule has 0 saturated heterocycles. The van der Waals surface area contributed by atoms with Crippen LogP contribution in [0.25, 0.3) is 0 Å². The number of hydrogen-bond donors (Lipinski definition) is 3. The fraction of sp³-hybridized carbons (Fsp3) is 0.714. The molecule has 6 nitrogen and oxygen atoms in total. The van der Waals surface area contributed by atoms with E-state index in [2.05, 4.69) is 0 Å². The largest absolute Gasteiger partial charge is 0.465 e. The van der Waals surface area contributed by atoms with Crippen molar-refractivity contribution >= 4 is 12.0 Å². The molecule has 0 rings (SSSR count). The molecular formula is C7H14N2O4. The highest BCUT2D eigenvalue weighted by Crippen LogP contribution is 1.93. The molecule has 13 heavy (non-hydrogen) atoms. The van der Waals surface area contributed by atoms with Crippen molar-refractivity contribution in [1.82, 2.24) is 10.2 Å². The molecule has 0 aromatic rings. The minimum absolute atomic E-state index is 0.0761. The van der Waals surface area contributed by atoms with Crippen LogP contribution >= 0.6 is 0 Å². The van der Waals surface area contributed by atoms with Crippen LogP contribution in [0.1, 0.15) is 6.42 Å². The number of nitrogens with one attached hydrogen (secondary N) is 1. The van der Waals surface area contributed by atoms with Gasteiger partial charge in [0.15, 0.2) is 0 Å². The van der Waals surface area contributed by atoms with Gasteiger partial charge >= 0.3 is 6.09 Å². The lowest BCUT2D eigenvalue weighted by atomic mass is 10.2. The molecule has 0 bridgehead atoms. The lowest BCUT2D eigenvalue weighted by molar-refractivity contribution is -0.130. The third-order valence-corrected chi connectivity index (χ3v) is 1.40. The molecule has 0 aliphatic heterocycles. The molecular weight excluding hydrogens is 176 g/mol. The number of carboxylic acid groups (broad SMARTS) is 1. The number of amides is 2. The van der Waals surface area contributed by atoms with Gasteiger partial charge < -0.3 is 20.4 Å². The van der Waals surface area contributed by atoms with E-state index in [1.807, 2.05) is 5.32 Å². The van der Waals surface area contributed by atoms with Crippen molar-refractivity contribution in [3.8, 4) is 0 Å². The Labute approximate surface area is 76.2 Å². The fourth-order valence-corrected chi connectivity index (χ4v) is 0.661. The van der Waals surface area contributed by atoms with E-state index in [-0.39, 0.29) is 18.9 Å². The van der Waals surface area contributed by atoms with E-state index in [0.29, 0.717) is 0 Å². The summed E-state index contributed by atoms with van der Waals surface area (Å²) in [6, 6.07) is 0. The zero-order chi connectivity index (χ0) is 10.4. The lowest BCUT2D eigenvalue weighted by Crippen LogP contribution is -2.34. The van der Waals surface area contributed by atoms with Crippen LogP contribution < -0.4 is 5.32 Å². The summed E-state index contributed by atoms with van der Waals surface area (Å²) >= 11 is 0. The first-order valence-electron chi connectivity index (χ1n) is 3.78. The zero-order valence-corrected chi connectivity index (χ0v) is 7.65. The summed E-state index contributed by atoms with van der Waals surface area (Å²) in [7, 11) is 3.14. The molecule has 0 aliphatic carbocycles. The Balaban J connectivity index is 3.68. The molecule has 0 spiro atoms. The van der Waals surface area contributed by atoms with Gasteiger partial charge in [0.05, 0.1) is 12.5 Å². The fourth-order valence-electron chi connectivity index (χ4n) is 0.661. The number of aliphatic hydroxyl groups excluding tert-OH is 1. The third kappa shape index (κ3) is 5.92. The van der Waals surface area contributed by atoms with Gasteiger partial charge in [-0.2, -0.15) is 0 Å². The maximum Gasteiger partial charge on any atom is 0.404 e. The highest BCUT2D eigenvalue weighted by Gasteiger charge is 2.12. The first kappa shape index (κ1) is 11.7. The predicted octanol–water partition coefficient (Wildman–Crippen LogP) is -0.907. The topological polar surface area (TPSA) is 89.9 Å². The summed E-state index contributed by atoms with van der Waals surface area (Å²) in [5, 5.41) is 19.3. The Morgan fingerprint density at radius 2 is 2.00 bits per heavy atom. The average Bonchev–Trinajstić information content (AvgIpc) is 2.00. The van der Waals surface area contributed by atoms with Gasteiger partial charge in [0.1, 0.15) is 0 Å². The number of aliphatic hydroxyl groups is 1. The van der Waals surface area contributed by atoms with Gasteiger partial charge in [-0.05, 0) is 0 Å². The molecule has 2 amide bonds. The maximum absolute atomic E-state index is 11.0. The van der Waals surface area contributed by atoms with Crippen LogP contribution in [0.2, 0.25) is 0 Å². The summed E-state index contributed by atoms with van der Waals surface area (Å²) < 4.78 is 0. The Bertz CT molecular complexity index is 193. The molecule has 1 atom stereocenters. The molecule has 0 radical (unpaired) electrons. The maximum atomic E-state index is 11.0. The Morgan fingerprint density at radius 3 is 2.38 bits per heavy atom. The third-order valence-electron chi connectivity index (χ3n) is 1.40. The molecule has 0 aromatic carbocycles. The molecule has 6 heteroatoms. The minimum Gasteiger partial charge on any atom is -0.465 e. The molecule has 1 unspecified atom stereocenters. The van der Waals surface area contributed by atoms with E-state index in [9.17, 15) is 9.59 Å². The molecule has 0 aromatic heterocycles. The van der Waals surface area contributed by atoms with Gasteiger partial charge in [0, 0.05) is 20.6 Å². The van der Waals surface area contributed by atoms with Gasteiger partial charge in [-0.3, -0.25) is 4.79 Å². The van der Waals surface area contributed by atoms with E-state index < -0.39 is 12.2 Å². The smallest absolute Gasteiger partial charge is 0.404 e. The molecule has 0 saturated carbocycles. The quantitative estimate of drug-likeness (QED) is 0.535. The standard InChI is InChI=1S/C7H14N2O4/c1-9(2)6(11)3-5(10)4-8-7(12)13/h5,8,10H,3-4H2,1-2H3,(H,12,13). The van der Waals surface area contributed by atoms with Crippen LogP contribution in [0, 0.1) is 0 Å². The number of rotatable bonds is 4. The average molecular weight is 190 g/mol. The predicted molar refractivity (Wildman–Crippen MR) is 45.3 cm³/mol. The molecule has 0 aliphatic rings. The number of carbonyl (C=O) groups is 2. The van der Waals surface area contributed by atoms with Crippen LogP contribution in [-0.2, 0) is 4.79 Å². The normalized spacial score (nSPS) is 11.9. The summed E-state index contributed by atoms with van der Waals surface area (Å²) in [6.07, 6.45) is -2.25. The first-order chi connectivity index (χ1) is 5.93. The number of hydrogen-bond acceptors (Lipinski definition) is 3. The minimum atomic E-state index is -1.21. The van der Waals surface area contributed by atoms with Crippen LogP contribution in [0.15, 0.2) is 0 Å². The Hall–Kier alpha value is -1.30. The van der Waals surface area contributed by atoms with E-state index in [0.717, 1.165) is 0 Å². The van der Waals surface area contributed by atoms with E-state index in [4.69, 9.17) is 10.2 Å². The van der Waals surface area contributed by atoms with Gasteiger partial charge in [-0.25, -0.2) is 4.79 Å². The zero-order valence-electron chi connectivity index (χ0n) is 7.65. The van der Waals surface area contributed by atoms with Crippen LogP contribution in [-0.4, -0.2) is 53.9 Å². The second-order valence-electron chi connectivity index (χ2n) is 2.83.